The summed E-state index contributed by atoms with van der Waals surface area (Å²) in [5.74, 6) is 0. The third kappa shape index (κ3) is 34.3. The van der Waals surface area contributed by atoms with Crippen molar-refractivity contribution in [2.45, 2.75) is 90.0 Å². The maximum Gasteiger partial charge on any atom is 0.0955 e. The van der Waals surface area contributed by atoms with E-state index in [4.69, 9.17) is 0 Å². The number of aryl methyl sites for hydroxylation is 4. The molecule has 6 aromatic rings. The lowest BCUT2D eigenvalue weighted by Crippen LogP contribution is -1.81. The SMILES string of the molecule is CC.CC.CC.CC.CC.CC.Cc1ccccc1.Cn1cccc1.Cn1ccnc1.Cn1cnc2ccccc21.c1ccncc1. The van der Waals surface area contributed by atoms with E-state index in [9.17, 15) is 0 Å². The van der Waals surface area contributed by atoms with Gasteiger partial charge in [0.15, 0.2) is 0 Å². The summed E-state index contributed by atoms with van der Waals surface area (Å²) in [6.07, 6.45) is 14.7. The first-order valence-corrected chi connectivity index (χ1v) is 17.3. The van der Waals surface area contributed by atoms with Crippen molar-refractivity contribution in [1.82, 2.24) is 28.7 Å². The van der Waals surface area contributed by atoms with E-state index in [0.29, 0.717) is 0 Å². The van der Waals surface area contributed by atoms with Gasteiger partial charge < -0.3 is 13.7 Å². The zero-order valence-corrected chi connectivity index (χ0v) is 32.9. The number of aromatic nitrogens is 6. The van der Waals surface area contributed by atoms with Gasteiger partial charge in [0.25, 0.3) is 0 Å². The molecule has 47 heavy (non-hydrogen) atoms. The Balaban J connectivity index is -0.000000146. The normalized spacial score (nSPS) is 7.57. The molecule has 0 atom stereocenters. The van der Waals surface area contributed by atoms with Crippen LogP contribution < -0.4 is 0 Å². The average Bonchev–Trinajstić information content (AvgIpc) is 3.96. The van der Waals surface area contributed by atoms with E-state index in [1.54, 1.807) is 24.9 Å². The Morgan fingerprint density at radius 1 is 0.426 bits per heavy atom. The van der Waals surface area contributed by atoms with Gasteiger partial charge in [-0.3, -0.25) is 4.98 Å². The quantitative estimate of drug-likeness (QED) is 0.165. The molecule has 4 aromatic heterocycles. The summed E-state index contributed by atoms with van der Waals surface area (Å²) in [5, 5.41) is 0. The molecule has 264 valence electrons. The summed E-state index contributed by atoms with van der Waals surface area (Å²) < 4.78 is 5.90. The summed E-state index contributed by atoms with van der Waals surface area (Å²) in [4.78, 5) is 11.8. The van der Waals surface area contributed by atoms with Crippen molar-refractivity contribution < 1.29 is 0 Å². The summed E-state index contributed by atoms with van der Waals surface area (Å²) in [7, 11) is 5.93. The van der Waals surface area contributed by atoms with E-state index < -0.39 is 0 Å². The second kappa shape index (κ2) is 46.0. The van der Waals surface area contributed by atoms with Gasteiger partial charge >= 0.3 is 0 Å². The van der Waals surface area contributed by atoms with E-state index in [2.05, 4.69) is 40.1 Å². The van der Waals surface area contributed by atoms with Gasteiger partial charge in [0, 0.05) is 58.3 Å². The molecule has 0 aliphatic rings. The van der Waals surface area contributed by atoms with Crippen LogP contribution in [0, 0.1) is 6.92 Å². The van der Waals surface area contributed by atoms with Crippen molar-refractivity contribution in [2.24, 2.45) is 21.1 Å². The number of benzene rings is 2. The Kier molecular flexibility index (Phi) is 51.0. The number of fused-ring (bicyclic) bond motifs is 1. The van der Waals surface area contributed by atoms with E-state index >= 15 is 0 Å². The van der Waals surface area contributed by atoms with Gasteiger partial charge in [0.2, 0.25) is 0 Å². The molecule has 6 rings (SSSR count). The summed E-state index contributed by atoms with van der Waals surface area (Å²) >= 11 is 0. The maximum absolute atomic E-state index is 4.18. The number of hydrogen-bond donors (Lipinski definition) is 0. The highest BCUT2D eigenvalue weighted by atomic mass is 15.0. The van der Waals surface area contributed by atoms with E-state index in [1.807, 2.05) is 210 Å². The highest BCUT2D eigenvalue weighted by molar-refractivity contribution is 5.74. The molecule has 0 fully saturated rings. The molecule has 0 saturated heterocycles. The van der Waals surface area contributed by atoms with Gasteiger partial charge in [-0.1, -0.05) is 137 Å². The van der Waals surface area contributed by atoms with Crippen LogP contribution >= 0.6 is 0 Å². The van der Waals surface area contributed by atoms with Gasteiger partial charge in [-0.25, -0.2) is 9.97 Å². The van der Waals surface area contributed by atoms with Crippen LogP contribution in [0.4, 0.5) is 0 Å². The lowest BCUT2D eigenvalue weighted by molar-refractivity contribution is 0.913. The predicted molar refractivity (Wildman–Crippen MR) is 213 cm³/mol. The molecule has 6 heteroatoms. The minimum absolute atomic E-state index is 1.06. The fourth-order valence-electron chi connectivity index (χ4n) is 2.68. The Bertz CT molecular complexity index is 1200. The van der Waals surface area contributed by atoms with Crippen LogP contribution in [0.2, 0.25) is 0 Å². The highest BCUT2D eigenvalue weighted by Crippen LogP contribution is 2.08. The van der Waals surface area contributed by atoms with Gasteiger partial charge in [-0.2, -0.15) is 0 Å². The monoisotopic (exact) mass is 647 g/mol. The third-order valence-corrected chi connectivity index (χ3v) is 4.53. The predicted octanol–water partition coefficient (Wildman–Crippen LogP) is 12.3. The third-order valence-electron chi connectivity index (χ3n) is 4.53. The Labute approximate surface area is 290 Å². The van der Waals surface area contributed by atoms with E-state index in [1.165, 1.54) is 11.1 Å². The number of rotatable bonds is 0. The minimum atomic E-state index is 1.06. The van der Waals surface area contributed by atoms with Crippen molar-refractivity contribution >= 4 is 11.0 Å². The van der Waals surface area contributed by atoms with Crippen molar-refractivity contribution in [3.63, 3.8) is 0 Å². The maximum atomic E-state index is 4.18. The van der Waals surface area contributed by atoms with Crippen LogP contribution in [0.3, 0.4) is 0 Å². The summed E-state index contributed by atoms with van der Waals surface area (Å²) in [6, 6.07) is 28.1. The van der Waals surface area contributed by atoms with Crippen LogP contribution in [0.25, 0.3) is 11.0 Å². The largest absolute Gasteiger partial charge is 0.357 e. The number of imidazole rings is 2. The van der Waals surface area contributed by atoms with Crippen molar-refractivity contribution in [3.05, 3.63) is 140 Å². The first-order valence-electron chi connectivity index (χ1n) is 17.3. The average molecular weight is 647 g/mol. The Hall–Kier alpha value is -4.45. The summed E-state index contributed by atoms with van der Waals surface area (Å²) in [6.45, 7) is 26.1. The van der Waals surface area contributed by atoms with Crippen LogP contribution in [-0.2, 0) is 21.1 Å². The van der Waals surface area contributed by atoms with Crippen LogP contribution in [0.1, 0.15) is 88.6 Å². The first-order chi connectivity index (χ1) is 23.1. The van der Waals surface area contributed by atoms with Gasteiger partial charge in [-0.15, -0.1) is 0 Å². The number of para-hydroxylation sites is 2. The molecule has 0 aliphatic heterocycles. The second-order valence-corrected chi connectivity index (χ2v) is 7.60. The van der Waals surface area contributed by atoms with Gasteiger partial charge in [-0.05, 0) is 43.3 Å². The molecule has 0 amide bonds. The van der Waals surface area contributed by atoms with Gasteiger partial charge in [0.05, 0.1) is 23.7 Å². The Morgan fingerprint density at radius 2 is 0.894 bits per heavy atom. The standard InChI is InChI=1S/C8H8N2.C7H8.C5H7N.C5H5N.C4H6N2.6C2H6/c1-10-6-9-7-4-2-3-5-8(7)10;1-7-5-3-2-4-6-7;1-6-4-2-3-5-6;1-2-4-6-5-3-1;1-6-3-2-5-4-6;6*1-2/h2-6H,1H3;2-6H,1H3;2-5H,1H3;1-5H;2-4H,1H3;6*1-2H3. The molecule has 6 nitrogen and oxygen atoms in total. The van der Waals surface area contributed by atoms with Crippen molar-refractivity contribution in [3.8, 4) is 0 Å². The number of hydrogen-bond acceptors (Lipinski definition) is 3. The molecule has 0 aliphatic carbocycles. The zero-order chi connectivity index (χ0) is 37.1. The van der Waals surface area contributed by atoms with Gasteiger partial charge in [0.1, 0.15) is 0 Å². The van der Waals surface area contributed by atoms with Crippen LogP contribution in [0.15, 0.2) is 135 Å². The fourth-order valence-corrected chi connectivity index (χ4v) is 2.68. The Morgan fingerprint density at radius 3 is 1.17 bits per heavy atom. The molecular weight excluding hydrogens is 576 g/mol. The van der Waals surface area contributed by atoms with Crippen LogP contribution in [-0.4, -0.2) is 28.7 Å². The molecule has 0 bridgehead atoms. The molecular formula is C41H70N6. The molecule has 0 N–H and O–H groups in total. The molecule has 4 heterocycles. The zero-order valence-electron chi connectivity index (χ0n) is 32.9. The first kappa shape index (κ1) is 52.1. The minimum Gasteiger partial charge on any atom is -0.357 e. The second-order valence-electron chi connectivity index (χ2n) is 7.60. The van der Waals surface area contributed by atoms with Crippen LogP contribution in [0.5, 0.6) is 0 Å². The fraction of sp³-hybridized carbons (Fsp3) is 0.390. The number of pyridine rings is 1. The van der Waals surface area contributed by atoms with Crippen molar-refractivity contribution in [2.75, 3.05) is 0 Å². The van der Waals surface area contributed by atoms with Crippen molar-refractivity contribution in [1.29, 1.82) is 0 Å². The molecule has 0 saturated carbocycles. The lowest BCUT2D eigenvalue weighted by Gasteiger charge is -1.90. The molecule has 2 aromatic carbocycles. The van der Waals surface area contributed by atoms with E-state index in [-0.39, 0.29) is 0 Å². The summed E-state index contributed by atoms with van der Waals surface area (Å²) in [5.41, 5.74) is 3.56. The lowest BCUT2D eigenvalue weighted by atomic mass is 10.2. The molecule has 0 radical (unpaired) electrons. The smallest absolute Gasteiger partial charge is 0.0955 e. The molecule has 0 spiro atoms. The highest BCUT2D eigenvalue weighted by Gasteiger charge is 1.94. The van der Waals surface area contributed by atoms with E-state index in [0.717, 1.165) is 5.52 Å². The molecule has 0 unspecified atom stereocenters. The number of nitrogens with zero attached hydrogens (tertiary/aromatic N) is 6. The topological polar surface area (TPSA) is 53.5 Å².